The van der Waals surface area contributed by atoms with Crippen LogP contribution in [0.2, 0.25) is 0 Å². The van der Waals surface area contributed by atoms with Crippen molar-refractivity contribution in [1.82, 2.24) is 4.31 Å². The van der Waals surface area contributed by atoms with E-state index in [1.54, 1.807) is 31.4 Å². The fourth-order valence-corrected chi connectivity index (χ4v) is 3.42. The number of ether oxygens (including phenoxy) is 1. The first kappa shape index (κ1) is 15.3. The molecule has 0 spiro atoms. The molecular weight excluding hydrogens is 276 g/mol. The molecule has 6 heteroatoms. The van der Waals surface area contributed by atoms with Crippen LogP contribution >= 0.6 is 0 Å². The molecule has 0 amide bonds. The van der Waals surface area contributed by atoms with Gasteiger partial charge in [-0.15, -0.1) is 0 Å². The molecule has 1 saturated carbocycles. The molecule has 0 aromatic heterocycles. The molecule has 1 N–H and O–H groups in total. The summed E-state index contributed by atoms with van der Waals surface area (Å²) in [6.45, 7) is 0. The van der Waals surface area contributed by atoms with Crippen LogP contribution in [0.15, 0.2) is 29.2 Å². The Labute approximate surface area is 121 Å². The summed E-state index contributed by atoms with van der Waals surface area (Å²) in [7, 11) is 1.44. The van der Waals surface area contributed by atoms with Crippen molar-refractivity contribution in [3.05, 3.63) is 24.3 Å². The van der Waals surface area contributed by atoms with E-state index in [-0.39, 0.29) is 6.10 Å². The van der Waals surface area contributed by atoms with Crippen LogP contribution in [0.5, 0.6) is 0 Å². The number of methoxy groups -OCH3 is 1. The number of nitrogens with zero attached hydrogens (tertiary/aromatic N) is 1. The first-order valence-corrected chi connectivity index (χ1v) is 8.21. The van der Waals surface area contributed by atoms with E-state index in [0.717, 1.165) is 24.9 Å². The van der Waals surface area contributed by atoms with Gasteiger partial charge in [0.2, 0.25) is 10.0 Å². The summed E-state index contributed by atoms with van der Waals surface area (Å²) in [5.74, 6) is 0. The monoisotopic (exact) mass is 298 g/mol. The van der Waals surface area contributed by atoms with Crippen molar-refractivity contribution in [2.45, 2.75) is 36.3 Å². The Morgan fingerprint density at radius 3 is 2.40 bits per heavy atom. The second-order valence-electron chi connectivity index (χ2n) is 5.27. The van der Waals surface area contributed by atoms with Gasteiger partial charge in [0.1, 0.15) is 0 Å². The molecular formula is C14H22N2O3S. The molecule has 1 aromatic rings. The summed E-state index contributed by atoms with van der Waals surface area (Å²) in [6.07, 6.45) is 3.54. The fourth-order valence-electron chi connectivity index (χ4n) is 2.52. The number of anilines is 1. The van der Waals surface area contributed by atoms with Gasteiger partial charge in [0, 0.05) is 26.9 Å². The molecule has 0 bridgehead atoms. The standard InChI is InChI=1S/C14H22N2O3S/c1-16(2)20(17,18)12-9-7-11(8-10-12)15-13-5-4-6-14(13)19-3/h7-10,13-15H,4-6H2,1-3H3. The zero-order valence-electron chi connectivity index (χ0n) is 12.2. The van der Waals surface area contributed by atoms with Gasteiger partial charge in [0.15, 0.2) is 0 Å². The Hall–Kier alpha value is -1.11. The van der Waals surface area contributed by atoms with E-state index < -0.39 is 10.0 Å². The fraction of sp³-hybridized carbons (Fsp3) is 0.571. The maximum atomic E-state index is 12.0. The number of hydrogen-bond donors (Lipinski definition) is 1. The van der Waals surface area contributed by atoms with E-state index >= 15 is 0 Å². The Bertz CT molecular complexity index is 540. The number of hydrogen-bond acceptors (Lipinski definition) is 4. The van der Waals surface area contributed by atoms with Gasteiger partial charge in [-0.1, -0.05) is 0 Å². The van der Waals surface area contributed by atoms with Crippen LogP contribution in [-0.2, 0) is 14.8 Å². The van der Waals surface area contributed by atoms with E-state index in [2.05, 4.69) is 5.32 Å². The van der Waals surface area contributed by atoms with Crippen LogP contribution in [0.3, 0.4) is 0 Å². The third kappa shape index (κ3) is 3.13. The predicted octanol–water partition coefficient (Wildman–Crippen LogP) is 1.92. The molecule has 0 aliphatic heterocycles. The van der Waals surface area contributed by atoms with Gasteiger partial charge < -0.3 is 10.1 Å². The molecule has 1 aromatic carbocycles. The number of sulfonamides is 1. The van der Waals surface area contributed by atoms with Gasteiger partial charge >= 0.3 is 0 Å². The molecule has 1 aliphatic rings. The molecule has 2 atom stereocenters. The zero-order valence-corrected chi connectivity index (χ0v) is 13.0. The SMILES string of the molecule is COC1CCCC1Nc1ccc(S(=O)(=O)N(C)C)cc1. The molecule has 5 nitrogen and oxygen atoms in total. The van der Waals surface area contributed by atoms with Crippen LogP contribution < -0.4 is 5.32 Å². The topological polar surface area (TPSA) is 58.6 Å². The van der Waals surface area contributed by atoms with E-state index in [4.69, 9.17) is 4.74 Å². The quantitative estimate of drug-likeness (QED) is 0.902. The molecule has 2 rings (SSSR count). The van der Waals surface area contributed by atoms with Crippen molar-refractivity contribution in [2.75, 3.05) is 26.5 Å². The highest BCUT2D eigenvalue weighted by atomic mass is 32.2. The van der Waals surface area contributed by atoms with Crippen molar-refractivity contribution < 1.29 is 13.2 Å². The first-order valence-electron chi connectivity index (χ1n) is 6.77. The Morgan fingerprint density at radius 2 is 1.85 bits per heavy atom. The van der Waals surface area contributed by atoms with Gasteiger partial charge in [-0.05, 0) is 43.5 Å². The minimum Gasteiger partial charge on any atom is -0.380 e. The van der Waals surface area contributed by atoms with Gasteiger partial charge in [-0.3, -0.25) is 0 Å². The van der Waals surface area contributed by atoms with Crippen LogP contribution in [0.25, 0.3) is 0 Å². The molecule has 0 radical (unpaired) electrons. The van der Waals surface area contributed by atoms with Gasteiger partial charge in [-0.25, -0.2) is 12.7 Å². The van der Waals surface area contributed by atoms with Crippen molar-refractivity contribution in [3.63, 3.8) is 0 Å². The Balaban J connectivity index is 2.09. The highest BCUT2D eigenvalue weighted by molar-refractivity contribution is 7.89. The summed E-state index contributed by atoms with van der Waals surface area (Å²) >= 11 is 0. The highest BCUT2D eigenvalue weighted by Gasteiger charge is 2.27. The van der Waals surface area contributed by atoms with Crippen molar-refractivity contribution >= 4 is 15.7 Å². The van der Waals surface area contributed by atoms with Crippen LogP contribution in [-0.4, -0.2) is 46.1 Å². The second-order valence-corrected chi connectivity index (χ2v) is 7.42. The molecule has 0 heterocycles. The van der Waals surface area contributed by atoms with E-state index in [1.165, 1.54) is 18.4 Å². The molecule has 112 valence electrons. The first-order chi connectivity index (χ1) is 9.45. The summed E-state index contributed by atoms with van der Waals surface area (Å²) < 4.78 is 30.6. The van der Waals surface area contributed by atoms with Crippen LogP contribution in [0, 0.1) is 0 Å². The number of benzene rings is 1. The lowest BCUT2D eigenvalue weighted by Crippen LogP contribution is -2.29. The third-order valence-electron chi connectivity index (χ3n) is 3.74. The van der Waals surface area contributed by atoms with Crippen molar-refractivity contribution in [1.29, 1.82) is 0 Å². The zero-order chi connectivity index (χ0) is 14.8. The van der Waals surface area contributed by atoms with Crippen LogP contribution in [0.1, 0.15) is 19.3 Å². The highest BCUT2D eigenvalue weighted by Crippen LogP contribution is 2.25. The maximum absolute atomic E-state index is 12.0. The number of rotatable bonds is 5. The lowest BCUT2D eigenvalue weighted by molar-refractivity contribution is 0.101. The van der Waals surface area contributed by atoms with Gasteiger partial charge in [-0.2, -0.15) is 0 Å². The molecule has 1 fully saturated rings. The Kier molecular flexibility index (Phi) is 4.67. The number of nitrogens with one attached hydrogen (secondary N) is 1. The van der Waals surface area contributed by atoms with E-state index in [0.29, 0.717) is 10.9 Å². The molecule has 20 heavy (non-hydrogen) atoms. The summed E-state index contributed by atoms with van der Waals surface area (Å²) in [5, 5.41) is 3.42. The van der Waals surface area contributed by atoms with Gasteiger partial charge in [0.05, 0.1) is 17.0 Å². The van der Waals surface area contributed by atoms with Crippen LogP contribution in [0.4, 0.5) is 5.69 Å². The summed E-state index contributed by atoms with van der Waals surface area (Å²) in [6, 6.07) is 7.18. The molecule has 1 aliphatic carbocycles. The summed E-state index contributed by atoms with van der Waals surface area (Å²) in [4.78, 5) is 0.308. The predicted molar refractivity (Wildman–Crippen MR) is 79.4 cm³/mol. The Morgan fingerprint density at radius 1 is 1.20 bits per heavy atom. The normalized spacial score (nSPS) is 23.2. The minimum absolute atomic E-state index is 0.236. The lowest BCUT2D eigenvalue weighted by atomic mass is 10.2. The van der Waals surface area contributed by atoms with Gasteiger partial charge in [0.25, 0.3) is 0 Å². The smallest absolute Gasteiger partial charge is 0.242 e. The lowest BCUT2D eigenvalue weighted by Gasteiger charge is -2.21. The van der Waals surface area contributed by atoms with E-state index in [9.17, 15) is 8.42 Å². The van der Waals surface area contributed by atoms with Crippen molar-refractivity contribution in [3.8, 4) is 0 Å². The van der Waals surface area contributed by atoms with Crippen molar-refractivity contribution in [2.24, 2.45) is 0 Å². The van der Waals surface area contributed by atoms with E-state index in [1.807, 2.05) is 0 Å². The average molecular weight is 298 g/mol. The molecule has 0 saturated heterocycles. The average Bonchev–Trinajstić information content (AvgIpc) is 2.86. The minimum atomic E-state index is -3.36. The summed E-state index contributed by atoms with van der Waals surface area (Å²) in [5.41, 5.74) is 0.927. The molecule has 2 unspecified atom stereocenters. The maximum Gasteiger partial charge on any atom is 0.242 e. The third-order valence-corrected chi connectivity index (χ3v) is 5.57. The second kappa shape index (κ2) is 6.11. The largest absolute Gasteiger partial charge is 0.380 e.